The third kappa shape index (κ3) is 7.07. The van der Waals surface area contributed by atoms with E-state index in [0.29, 0.717) is 0 Å². The van der Waals surface area contributed by atoms with E-state index in [-0.39, 0.29) is 12.2 Å². The first-order valence-electron chi connectivity index (χ1n) is 4.24. The van der Waals surface area contributed by atoms with Crippen molar-refractivity contribution in [2.45, 2.75) is 39.9 Å². The van der Waals surface area contributed by atoms with Crippen molar-refractivity contribution in [1.82, 2.24) is 0 Å². The van der Waals surface area contributed by atoms with Gasteiger partial charge in [0.1, 0.15) is 0 Å². The van der Waals surface area contributed by atoms with Gasteiger partial charge in [0.2, 0.25) is 0 Å². The van der Waals surface area contributed by atoms with Gasteiger partial charge in [-0.15, -0.1) is 0 Å². The van der Waals surface area contributed by atoms with E-state index in [1.807, 2.05) is 0 Å². The van der Waals surface area contributed by atoms with Crippen LogP contribution >= 0.6 is 23.7 Å². The van der Waals surface area contributed by atoms with Crippen LogP contribution in [0.4, 0.5) is 0 Å². The quantitative estimate of drug-likeness (QED) is 0.390. The van der Waals surface area contributed by atoms with Crippen molar-refractivity contribution in [2.24, 2.45) is 0 Å². The fourth-order valence-corrected chi connectivity index (χ4v) is 2.41. The molecule has 15 heavy (non-hydrogen) atoms. The molecule has 0 aliphatic carbocycles. The maximum absolute atomic E-state index is 5.16. The van der Waals surface area contributed by atoms with Crippen LogP contribution in [-0.4, -0.2) is 12.2 Å². The molecule has 0 saturated carbocycles. The number of hydrogen-bond donors (Lipinski definition) is 0. The molecule has 9 heteroatoms. The monoisotopic (exact) mass is 300 g/mol. The van der Waals surface area contributed by atoms with Crippen molar-refractivity contribution in [1.29, 1.82) is 0 Å². The molecule has 0 aliphatic rings. The standard InChI is InChI=1S/2C3H8O2.2ClO.Ti/c2*1-3(2)5-4;2*1-2;/h2*3-4H,1-2H3;;;/q;;2*-1;+4/p-2. The Kier molecular flexibility index (Phi) is 8.77. The van der Waals surface area contributed by atoms with Crippen molar-refractivity contribution < 1.29 is 40.6 Å². The molecule has 0 rings (SSSR count). The van der Waals surface area contributed by atoms with Gasteiger partial charge in [-0.3, -0.25) is 0 Å². The summed E-state index contributed by atoms with van der Waals surface area (Å²) in [6.45, 7) is 6.94. The van der Waals surface area contributed by atoms with Crippen molar-refractivity contribution in [3.05, 3.63) is 0 Å². The van der Waals surface area contributed by atoms with Crippen molar-refractivity contribution in [3.8, 4) is 0 Å². The Morgan fingerprint density at radius 3 is 1.33 bits per heavy atom. The second kappa shape index (κ2) is 8.19. The van der Waals surface area contributed by atoms with Crippen LogP contribution in [0.1, 0.15) is 27.7 Å². The van der Waals surface area contributed by atoms with Gasteiger partial charge in [0.15, 0.2) is 0 Å². The molecule has 6 nitrogen and oxygen atoms in total. The molecular weight excluding hydrogens is 287 g/mol. The fourth-order valence-electron chi connectivity index (χ4n) is 0.388. The topological polar surface area (TPSA) is 55.4 Å². The van der Waals surface area contributed by atoms with Crippen LogP contribution in [0, 0.1) is 0 Å². The van der Waals surface area contributed by atoms with Gasteiger partial charge in [0.25, 0.3) is 0 Å². The van der Waals surface area contributed by atoms with E-state index in [0.717, 1.165) is 0 Å². The van der Waals surface area contributed by atoms with Crippen molar-refractivity contribution in [2.75, 3.05) is 0 Å². The van der Waals surface area contributed by atoms with E-state index < -0.39 is 18.1 Å². The van der Waals surface area contributed by atoms with Gasteiger partial charge in [0.05, 0.1) is 0 Å². The van der Waals surface area contributed by atoms with E-state index in [2.05, 4.69) is 5.74 Å². The molecule has 0 fully saturated rings. The van der Waals surface area contributed by atoms with Crippen molar-refractivity contribution in [3.63, 3.8) is 0 Å². The van der Waals surface area contributed by atoms with Crippen LogP contribution in [-0.2, 0) is 40.6 Å². The zero-order valence-corrected chi connectivity index (χ0v) is 11.9. The van der Waals surface area contributed by atoms with Crippen LogP contribution in [0.5, 0.6) is 0 Å². The van der Waals surface area contributed by atoms with Gasteiger partial charge in [-0.05, 0) is 0 Å². The summed E-state index contributed by atoms with van der Waals surface area (Å²) in [7, 11) is 0. The molecule has 0 unspecified atom stereocenters. The Morgan fingerprint density at radius 1 is 0.800 bits per heavy atom. The Bertz CT molecular complexity index is 152. The average molecular weight is 301 g/mol. The zero-order chi connectivity index (χ0) is 11.9. The second-order valence-corrected chi connectivity index (χ2v) is 6.95. The third-order valence-corrected chi connectivity index (χ3v) is 3.96. The van der Waals surface area contributed by atoms with Gasteiger partial charge < -0.3 is 0 Å². The van der Waals surface area contributed by atoms with Crippen LogP contribution < -0.4 is 0 Å². The summed E-state index contributed by atoms with van der Waals surface area (Å²) in [5.41, 5.74) is 0. The first-order chi connectivity index (χ1) is 6.95. The first kappa shape index (κ1) is 16.1. The molecule has 0 aromatic heterocycles. The van der Waals surface area contributed by atoms with Gasteiger partial charge in [-0.1, -0.05) is 0 Å². The molecule has 0 aromatic rings. The molecule has 0 spiro atoms. The van der Waals surface area contributed by atoms with Gasteiger partial charge in [-0.2, -0.15) is 0 Å². The third-order valence-electron chi connectivity index (χ3n) is 0.874. The molecular formula is C6H14Cl2O6Ti. The summed E-state index contributed by atoms with van der Waals surface area (Å²) in [4.78, 5) is 9.56. The minimum absolute atomic E-state index is 0.226. The predicted molar refractivity (Wildman–Crippen MR) is 48.5 cm³/mol. The van der Waals surface area contributed by atoms with E-state index in [4.69, 9.17) is 40.4 Å². The number of rotatable bonds is 8. The van der Waals surface area contributed by atoms with E-state index in [1.165, 1.54) is 0 Å². The minimum atomic E-state index is -4.31. The van der Waals surface area contributed by atoms with Gasteiger partial charge in [-0.25, -0.2) is 0 Å². The van der Waals surface area contributed by atoms with Gasteiger partial charge >= 0.3 is 104 Å². The maximum atomic E-state index is 5.16. The first-order valence-corrected chi connectivity index (χ1v) is 7.41. The summed E-state index contributed by atoms with van der Waals surface area (Å²) in [6.07, 6.45) is -0.451. The average Bonchev–Trinajstić information content (AvgIpc) is 2.19. The Hall–Kier alpha value is 1.05. The summed E-state index contributed by atoms with van der Waals surface area (Å²) < 4.78 is 18.3. The molecule has 0 aromatic carbocycles. The predicted octanol–water partition coefficient (Wildman–Crippen LogP) is 2.85. The van der Waals surface area contributed by atoms with Gasteiger partial charge in [0, 0.05) is 0 Å². The van der Waals surface area contributed by atoms with E-state index in [1.54, 1.807) is 27.7 Å². The number of halogens is 2. The Labute approximate surface area is 104 Å². The normalized spacial score (nSPS) is 12.8. The summed E-state index contributed by atoms with van der Waals surface area (Å²) >= 11 is 6.00. The summed E-state index contributed by atoms with van der Waals surface area (Å²) in [5.74, 6) is 0. The van der Waals surface area contributed by atoms with Crippen LogP contribution in [0.2, 0.25) is 0 Å². The van der Waals surface area contributed by atoms with E-state index in [9.17, 15) is 0 Å². The molecule has 0 bridgehead atoms. The SMILES string of the molecule is CC(C)O[O][Ti]([O]Cl)([O]Cl)[O]OC(C)C. The molecule has 0 amide bonds. The summed E-state index contributed by atoms with van der Waals surface area (Å²) in [5, 5.41) is 0. The molecule has 0 aliphatic heterocycles. The second-order valence-electron chi connectivity index (χ2n) is 3.11. The van der Waals surface area contributed by atoms with E-state index >= 15 is 0 Å². The zero-order valence-electron chi connectivity index (χ0n) is 8.86. The van der Waals surface area contributed by atoms with Crippen LogP contribution in [0.25, 0.3) is 0 Å². The molecule has 0 N–H and O–H groups in total. The Balaban J connectivity index is 4.17. The molecule has 0 radical (unpaired) electrons. The molecule has 0 atom stereocenters. The Morgan fingerprint density at radius 2 is 1.13 bits per heavy atom. The molecule has 0 heterocycles. The fraction of sp³-hybridized carbons (Fsp3) is 1.00. The number of hydrogen-bond acceptors (Lipinski definition) is 6. The van der Waals surface area contributed by atoms with Crippen molar-refractivity contribution >= 4 is 23.7 Å². The molecule has 0 saturated heterocycles. The summed E-state index contributed by atoms with van der Waals surface area (Å²) in [6, 6.07) is 0. The molecule has 92 valence electrons. The van der Waals surface area contributed by atoms with Crippen LogP contribution in [0.15, 0.2) is 0 Å². The van der Waals surface area contributed by atoms with Crippen LogP contribution in [0.3, 0.4) is 0 Å².